The van der Waals surface area contributed by atoms with Crippen molar-refractivity contribution >= 4 is 11.9 Å². The van der Waals surface area contributed by atoms with Crippen LogP contribution < -0.4 is 5.32 Å². The summed E-state index contributed by atoms with van der Waals surface area (Å²) in [7, 11) is 0. The Hall–Kier alpha value is -1.06. The van der Waals surface area contributed by atoms with E-state index in [0.29, 0.717) is 18.3 Å². The van der Waals surface area contributed by atoms with Crippen molar-refractivity contribution in [3.63, 3.8) is 0 Å². The summed E-state index contributed by atoms with van der Waals surface area (Å²) in [6.45, 7) is 4.23. The molecule has 0 radical (unpaired) electrons. The zero-order chi connectivity index (χ0) is 13.5. The molecular formula is C14H25NO3. The van der Waals surface area contributed by atoms with E-state index in [-0.39, 0.29) is 18.4 Å². The zero-order valence-corrected chi connectivity index (χ0v) is 11.4. The highest BCUT2D eigenvalue weighted by atomic mass is 16.4. The van der Waals surface area contributed by atoms with E-state index < -0.39 is 5.97 Å². The van der Waals surface area contributed by atoms with Gasteiger partial charge in [0.05, 0.1) is 0 Å². The first-order chi connectivity index (χ1) is 8.47. The molecule has 0 unspecified atom stereocenters. The number of aliphatic carboxylic acids is 1. The number of hydrogen-bond donors (Lipinski definition) is 2. The molecule has 1 fully saturated rings. The van der Waals surface area contributed by atoms with E-state index in [0.717, 1.165) is 32.1 Å². The normalized spacial score (nSPS) is 23.9. The van der Waals surface area contributed by atoms with Crippen LogP contribution in [0.15, 0.2) is 0 Å². The number of nitrogens with one attached hydrogen (secondary N) is 1. The SMILES string of the molecule is CC(C)CCC(=O)NC1CCC(CC(=O)O)CC1. The fourth-order valence-electron chi connectivity index (χ4n) is 2.48. The van der Waals surface area contributed by atoms with Crippen molar-refractivity contribution in [3.8, 4) is 0 Å². The van der Waals surface area contributed by atoms with E-state index in [1.165, 1.54) is 0 Å². The summed E-state index contributed by atoms with van der Waals surface area (Å²) in [5.74, 6) is 0.290. The Morgan fingerprint density at radius 3 is 2.33 bits per heavy atom. The Morgan fingerprint density at radius 2 is 1.83 bits per heavy atom. The lowest BCUT2D eigenvalue weighted by atomic mass is 9.84. The standard InChI is InChI=1S/C14H25NO3/c1-10(2)3-8-13(16)15-12-6-4-11(5-7-12)9-14(17)18/h10-12H,3-9H2,1-2H3,(H,15,16)(H,17,18). The number of carbonyl (C=O) groups is 2. The molecule has 1 aliphatic carbocycles. The molecule has 0 heterocycles. The maximum absolute atomic E-state index is 11.7. The average molecular weight is 255 g/mol. The maximum atomic E-state index is 11.7. The monoisotopic (exact) mass is 255 g/mol. The molecule has 4 nitrogen and oxygen atoms in total. The van der Waals surface area contributed by atoms with Gasteiger partial charge in [0.15, 0.2) is 0 Å². The molecule has 0 aromatic heterocycles. The topological polar surface area (TPSA) is 66.4 Å². The van der Waals surface area contributed by atoms with E-state index in [4.69, 9.17) is 5.11 Å². The van der Waals surface area contributed by atoms with Crippen molar-refractivity contribution in [1.82, 2.24) is 5.32 Å². The van der Waals surface area contributed by atoms with Crippen molar-refractivity contribution in [2.75, 3.05) is 0 Å². The largest absolute Gasteiger partial charge is 0.481 e. The van der Waals surface area contributed by atoms with Crippen molar-refractivity contribution < 1.29 is 14.7 Å². The Bertz CT molecular complexity index is 281. The minimum Gasteiger partial charge on any atom is -0.481 e. The third kappa shape index (κ3) is 6.03. The van der Waals surface area contributed by atoms with Crippen LogP contribution in [-0.2, 0) is 9.59 Å². The molecule has 0 spiro atoms. The molecule has 0 aliphatic heterocycles. The Kier molecular flexibility index (Phi) is 6.16. The summed E-state index contributed by atoms with van der Waals surface area (Å²) < 4.78 is 0. The van der Waals surface area contributed by atoms with Crippen LogP contribution in [-0.4, -0.2) is 23.0 Å². The van der Waals surface area contributed by atoms with Crippen LogP contribution in [0.1, 0.15) is 58.8 Å². The Morgan fingerprint density at radius 1 is 1.22 bits per heavy atom. The lowest BCUT2D eigenvalue weighted by Crippen LogP contribution is -2.37. The predicted molar refractivity (Wildman–Crippen MR) is 70.2 cm³/mol. The molecular weight excluding hydrogens is 230 g/mol. The fourth-order valence-corrected chi connectivity index (χ4v) is 2.48. The summed E-state index contributed by atoms with van der Waals surface area (Å²) in [5, 5.41) is 11.8. The van der Waals surface area contributed by atoms with E-state index in [2.05, 4.69) is 19.2 Å². The van der Waals surface area contributed by atoms with Crippen molar-refractivity contribution in [3.05, 3.63) is 0 Å². The van der Waals surface area contributed by atoms with E-state index in [1.54, 1.807) is 0 Å². The van der Waals surface area contributed by atoms with Crippen LogP contribution in [0.2, 0.25) is 0 Å². The lowest BCUT2D eigenvalue weighted by molar-refractivity contribution is -0.138. The minimum atomic E-state index is -0.709. The van der Waals surface area contributed by atoms with Crippen LogP contribution >= 0.6 is 0 Å². The second kappa shape index (κ2) is 7.39. The van der Waals surface area contributed by atoms with Gasteiger partial charge in [-0.25, -0.2) is 0 Å². The number of amides is 1. The molecule has 1 aliphatic rings. The summed E-state index contributed by atoms with van der Waals surface area (Å²) >= 11 is 0. The number of hydrogen-bond acceptors (Lipinski definition) is 2. The smallest absolute Gasteiger partial charge is 0.303 e. The summed E-state index contributed by atoms with van der Waals surface area (Å²) in [6.07, 6.45) is 5.49. The quantitative estimate of drug-likeness (QED) is 0.766. The van der Waals surface area contributed by atoms with Crippen LogP contribution in [0.25, 0.3) is 0 Å². The van der Waals surface area contributed by atoms with Gasteiger partial charge in [0.2, 0.25) is 5.91 Å². The third-order valence-corrected chi connectivity index (χ3v) is 3.62. The highest BCUT2D eigenvalue weighted by Crippen LogP contribution is 2.26. The van der Waals surface area contributed by atoms with Gasteiger partial charge >= 0.3 is 5.97 Å². The highest BCUT2D eigenvalue weighted by molar-refractivity contribution is 5.76. The van der Waals surface area contributed by atoms with Crippen LogP contribution in [0.5, 0.6) is 0 Å². The average Bonchev–Trinajstić information content (AvgIpc) is 2.28. The molecule has 0 atom stereocenters. The number of carboxylic acids is 1. The van der Waals surface area contributed by atoms with Gasteiger partial charge in [0.25, 0.3) is 0 Å². The van der Waals surface area contributed by atoms with Gasteiger partial charge < -0.3 is 10.4 Å². The first-order valence-electron chi connectivity index (χ1n) is 6.98. The maximum Gasteiger partial charge on any atom is 0.303 e. The van der Waals surface area contributed by atoms with Gasteiger partial charge in [-0.05, 0) is 43.9 Å². The molecule has 1 amide bonds. The van der Waals surface area contributed by atoms with Crippen molar-refractivity contribution in [2.45, 2.75) is 64.8 Å². The van der Waals surface area contributed by atoms with Gasteiger partial charge in [-0.15, -0.1) is 0 Å². The number of rotatable bonds is 6. The lowest BCUT2D eigenvalue weighted by Gasteiger charge is -2.28. The van der Waals surface area contributed by atoms with Gasteiger partial charge in [-0.2, -0.15) is 0 Å². The second-order valence-corrected chi connectivity index (χ2v) is 5.82. The number of carboxylic acid groups (broad SMARTS) is 1. The molecule has 1 rings (SSSR count). The van der Waals surface area contributed by atoms with E-state index in [9.17, 15) is 9.59 Å². The highest BCUT2D eigenvalue weighted by Gasteiger charge is 2.23. The third-order valence-electron chi connectivity index (χ3n) is 3.62. The Labute approximate surface area is 109 Å². The minimum absolute atomic E-state index is 0.144. The molecule has 0 aromatic rings. The van der Waals surface area contributed by atoms with Crippen molar-refractivity contribution in [2.24, 2.45) is 11.8 Å². The molecule has 18 heavy (non-hydrogen) atoms. The van der Waals surface area contributed by atoms with E-state index in [1.807, 2.05) is 0 Å². The fraction of sp³-hybridized carbons (Fsp3) is 0.857. The number of carbonyl (C=O) groups excluding carboxylic acids is 1. The molecule has 0 saturated heterocycles. The summed E-state index contributed by atoms with van der Waals surface area (Å²) in [5.41, 5.74) is 0. The van der Waals surface area contributed by atoms with Gasteiger partial charge in [0.1, 0.15) is 0 Å². The van der Waals surface area contributed by atoms with Crippen LogP contribution in [0, 0.1) is 11.8 Å². The molecule has 0 aromatic carbocycles. The first-order valence-corrected chi connectivity index (χ1v) is 6.98. The van der Waals surface area contributed by atoms with E-state index >= 15 is 0 Å². The summed E-state index contributed by atoms with van der Waals surface area (Å²) in [4.78, 5) is 22.3. The second-order valence-electron chi connectivity index (χ2n) is 5.82. The van der Waals surface area contributed by atoms with Crippen LogP contribution in [0.4, 0.5) is 0 Å². The molecule has 2 N–H and O–H groups in total. The first kappa shape index (κ1) is 15.0. The predicted octanol–water partition coefficient (Wildman–Crippen LogP) is 2.57. The summed E-state index contributed by atoms with van der Waals surface area (Å²) in [6, 6.07) is 0.259. The molecule has 4 heteroatoms. The van der Waals surface area contributed by atoms with Crippen molar-refractivity contribution in [1.29, 1.82) is 0 Å². The van der Waals surface area contributed by atoms with Gasteiger partial charge in [0, 0.05) is 18.9 Å². The molecule has 1 saturated carbocycles. The van der Waals surface area contributed by atoms with Gasteiger partial charge in [-0.1, -0.05) is 13.8 Å². The zero-order valence-electron chi connectivity index (χ0n) is 11.4. The Balaban J connectivity index is 2.18. The molecule has 104 valence electrons. The molecule has 0 bridgehead atoms. The van der Waals surface area contributed by atoms with Gasteiger partial charge in [-0.3, -0.25) is 9.59 Å². The van der Waals surface area contributed by atoms with Crippen LogP contribution in [0.3, 0.4) is 0 Å².